The van der Waals surface area contributed by atoms with E-state index in [-0.39, 0.29) is 5.91 Å². The molecule has 0 aliphatic heterocycles. The zero-order chi connectivity index (χ0) is 15.1. The maximum Gasteiger partial charge on any atom is 0.246 e. The van der Waals surface area contributed by atoms with E-state index in [1.165, 1.54) is 0 Å². The number of rotatable bonds is 6. The number of ether oxygens (including phenoxy) is 1. The lowest BCUT2D eigenvalue weighted by Crippen LogP contribution is -2.30. The van der Waals surface area contributed by atoms with Gasteiger partial charge in [0, 0.05) is 29.2 Å². The van der Waals surface area contributed by atoms with Gasteiger partial charge in [0.25, 0.3) is 0 Å². The summed E-state index contributed by atoms with van der Waals surface area (Å²) in [5, 5.41) is 0. The number of hydrogen-bond donors (Lipinski definition) is 0. The molecule has 0 radical (unpaired) electrons. The Hall–Kier alpha value is -1.55. The molecule has 1 amide bonds. The van der Waals surface area contributed by atoms with Crippen molar-refractivity contribution in [2.24, 2.45) is 0 Å². The highest BCUT2D eigenvalue weighted by Crippen LogP contribution is 2.24. The van der Waals surface area contributed by atoms with E-state index in [1.807, 2.05) is 32.0 Å². The molecule has 0 N–H and O–H groups in total. The Morgan fingerprint density at radius 1 is 1.50 bits per heavy atom. The van der Waals surface area contributed by atoms with Crippen LogP contribution in [0.5, 0.6) is 5.75 Å². The van der Waals surface area contributed by atoms with Gasteiger partial charge < -0.3 is 9.64 Å². The second-order valence-corrected chi connectivity index (χ2v) is 5.44. The molecule has 1 aromatic rings. The summed E-state index contributed by atoms with van der Waals surface area (Å²) in [6.45, 7) is 8.94. The molecule has 20 heavy (non-hydrogen) atoms. The maximum absolute atomic E-state index is 12.1. The molecule has 0 heterocycles. The SMILES string of the molecule is C=C(C)CN(CC)C(=O)/C=C/c1cc(Br)ccc1OC. The van der Waals surface area contributed by atoms with Crippen LogP contribution in [0.4, 0.5) is 0 Å². The van der Waals surface area contributed by atoms with Gasteiger partial charge in [-0.1, -0.05) is 28.1 Å². The first-order valence-electron chi connectivity index (χ1n) is 6.42. The van der Waals surface area contributed by atoms with Crippen molar-refractivity contribution in [3.8, 4) is 5.75 Å². The molecule has 0 unspecified atom stereocenters. The van der Waals surface area contributed by atoms with E-state index in [0.717, 1.165) is 21.4 Å². The summed E-state index contributed by atoms with van der Waals surface area (Å²) in [4.78, 5) is 13.9. The van der Waals surface area contributed by atoms with Gasteiger partial charge in [0.2, 0.25) is 5.91 Å². The summed E-state index contributed by atoms with van der Waals surface area (Å²) in [7, 11) is 1.61. The van der Waals surface area contributed by atoms with Crippen LogP contribution in [-0.4, -0.2) is 31.0 Å². The van der Waals surface area contributed by atoms with Gasteiger partial charge in [0.05, 0.1) is 7.11 Å². The molecule has 0 aliphatic rings. The summed E-state index contributed by atoms with van der Waals surface area (Å²) in [6, 6.07) is 5.68. The Kier molecular flexibility index (Phi) is 6.52. The molecule has 1 rings (SSSR count). The van der Waals surface area contributed by atoms with Crippen LogP contribution in [0.15, 0.2) is 40.9 Å². The fourth-order valence-electron chi connectivity index (χ4n) is 1.77. The van der Waals surface area contributed by atoms with Gasteiger partial charge >= 0.3 is 0 Å². The van der Waals surface area contributed by atoms with E-state index in [9.17, 15) is 4.79 Å². The third-order valence-electron chi connectivity index (χ3n) is 2.75. The number of nitrogens with zero attached hydrogens (tertiary/aromatic N) is 1. The van der Waals surface area contributed by atoms with Crippen LogP contribution in [0.2, 0.25) is 0 Å². The van der Waals surface area contributed by atoms with Crippen molar-refractivity contribution >= 4 is 27.9 Å². The van der Waals surface area contributed by atoms with Crippen LogP contribution in [-0.2, 0) is 4.79 Å². The predicted octanol–water partition coefficient (Wildman–Crippen LogP) is 3.90. The van der Waals surface area contributed by atoms with Gasteiger partial charge in [-0.25, -0.2) is 0 Å². The van der Waals surface area contributed by atoms with Crippen molar-refractivity contribution in [1.82, 2.24) is 4.90 Å². The van der Waals surface area contributed by atoms with Crippen molar-refractivity contribution in [2.45, 2.75) is 13.8 Å². The Morgan fingerprint density at radius 2 is 2.20 bits per heavy atom. The summed E-state index contributed by atoms with van der Waals surface area (Å²) in [5.41, 5.74) is 1.83. The van der Waals surface area contributed by atoms with E-state index in [1.54, 1.807) is 24.2 Å². The summed E-state index contributed by atoms with van der Waals surface area (Å²) < 4.78 is 6.22. The van der Waals surface area contributed by atoms with Gasteiger partial charge in [0.1, 0.15) is 5.75 Å². The summed E-state index contributed by atoms with van der Waals surface area (Å²) in [6.07, 6.45) is 3.34. The standard InChI is InChI=1S/C16H20BrNO2/c1-5-18(11-12(2)3)16(19)9-6-13-10-14(17)7-8-15(13)20-4/h6-10H,2,5,11H2,1,3-4H3/b9-6+. The first kappa shape index (κ1) is 16.5. The lowest BCUT2D eigenvalue weighted by molar-refractivity contribution is -0.125. The number of benzene rings is 1. The minimum atomic E-state index is -0.0301. The molecule has 0 saturated heterocycles. The van der Waals surface area contributed by atoms with Crippen molar-refractivity contribution in [1.29, 1.82) is 0 Å². The highest BCUT2D eigenvalue weighted by atomic mass is 79.9. The number of halogens is 1. The Bertz CT molecular complexity index is 523. The Morgan fingerprint density at radius 3 is 2.75 bits per heavy atom. The fraction of sp³-hybridized carbons (Fsp3) is 0.312. The number of hydrogen-bond acceptors (Lipinski definition) is 2. The molecule has 108 valence electrons. The van der Waals surface area contributed by atoms with Gasteiger partial charge in [-0.3, -0.25) is 4.79 Å². The van der Waals surface area contributed by atoms with Gasteiger partial charge in [0.15, 0.2) is 0 Å². The normalized spacial score (nSPS) is 10.6. The van der Waals surface area contributed by atoms with Crippen LogP contribution in [0.3, 0.4) is 0 Å². The molecule has 0 atom stereocenters. The first-order chi connectivity index (χ1) is 9.47. The Balaban J connectivity index is 2.88. The highest BCUT2D eigenvalue weighted by Gasteiger charge is 2.08. The molecule has 4 heteroatoms. The minimum absolute atomic E-state index is 0.0301. The molecule has 0 bridgehead atoms. The van der Waals surface area contributed by atoms with E-state index in [4.69, 9.17) is 4.74 Å². The van der Waals surface area contributed by atoms with E-state index in [2.05, 4.69) is 22.5 Å². The maximum atomic E-state index is 12.1. The van der Waals surface area contributed by atoms with Crippen molar-refractivity contribution in [2.75, 3.05) is 20.2 Å². The van der Waals surface area contributed by atoms with Crippen LogP contribution >= 0.6 is 15.9 Å². The lowest BCUT2D eigenvalue weighted by atomic mass is 10.2. The minimum Gasteiger partial charge on any atom is -0.496 e. The molecule has 0 spiro atoms. The molecule has 0 saturated carbocycles. The van der Waals surface area contributed by atoms with Crippen LogP contribution in [0.1, 0.15) is 19.4 Å². The summed E-state index contributed by atoms with van der Waals surface area (Å²) >= 11 is 3.41. The third-order valence-corrected chi connectivity index (χ3v) is 3.24. The Labute approximate surface area is 129 Å². The van der Waals surface area contributed by atoms with E-state index in [0.29, 0.717) is 13.1 Å². The van der Waals surface area contributed by atoms with E-state index >= 15 is 0 Å². The summed E-state index contributed by atoms with van der Waals surface area (Å²) in [5.74, 6) is 0.706. The molecule has 1 aromatic carbocycles. The first-order valence-corrected chi connectivity index (χ1v) is 7.22. The van der Waals surface area contributed by atoms with Crippen molar-refractivity contribution < 1.29 is 9.53 Å². The van der Waals surface area contributed by atoms with Crippen LogP contribution < -0.4 is 4.74 Å². The zero-order valence-corrected chi connectivity index (χ0v) is 13.7. The smallest absolute Gasteiger partial charge is 0.246 e. The molecule has 0 aliphatic carbocycles. The molecular weight excluding hydrogens is 318 g/mol. The quantitative estimate of drug-likeness (QED) is 0.582. The topological polar surface area (TPSA) is 29.5 Å². The number of carbonyl (C=O) groups is 1. The average Bonchev–Trinajstić information content (AvgIpc) is 2.42. The molecule has 0 aromatic heterocycles. The second-order valence-electron chi connectivity index (χ2n) is 4.53. The molecule has 0 fully saturated rings. The average molecular weight is 338 g/mol. The van der Waals surface area contributed by atoms with Crippen molar-refractivity contribution in [3.63, 3.8) is 0 Å². The fourth-order valence-corrected chi connectivity index (χ4v) is 2.15. The molecule has 3 nitrogen and oxygen atoms in total. The highest BCUT2D eigenvalue weighted by molar-refractivity contribution is 9.10. The third kappa shape index (κ3) is 4.85. The number of methoxy groups -OCH3 is 1. The van der Waals surface area contributed by atoms with Crippen molar-refractivity contribution in [3.05, 3.63) is 46.5 Å². The van der Waals surface area contributed by atoms with E-state index < -0.39 is 0 Å². The van der Waals surface area contributed by atoms with Gasteiger partial charge in [-0.05, 0) is 38.1 Å². The largest absolute Gasteiger partial charge is 0.496 e. The number of carbonyl (C=O) groups excluding carboxylic acids is 1. The lowest BCUT2D eigenvalue weighted by Gasteiger charge is -2.19. The van der Waals surface area contributed by atoms with Gasteiger partial charge in [-0.2, -0.15) is 0 Å². The number of likely N-dealkylation sites (N-methyl/N-ethyl adjacent to an activating group) is 1. The predicted molar refractivity (Wildman–Crippen MR) is 86.8 cm³/mol. The van der Waals surface area contributed by atoms with Crippen LogP contribution in [0.25, 0.3) is 6.08 Å². The molecular formula is C16H20BrNO2. The van der Waals surface area contributed by atoms with Crippen LogP contribution in [0, 0.1) is 0 Å². The van der Waals surface area contributed by atoms with Gasteiger partial charge in [-0.15, -0.1) is 0 Å². The monoisotopic (exact) mass is 337 g/mol. The second kappa shape index (κ2) is 7.90. The zero-order valence-electron chi connectivity index (χ0n) is 12.1. The number of amides is 1.